The van der Waals surface area contributed by atoms with Crippen molar-refractivity contribution in [1.82, 2.24) is 10.6 Å². The van der Waals surface area contributed by atoms with E-state index in [2.05, 4.69) is 58.6 Å². The monoisotopic (exact) mass is 416 g/mol. The summed E-state index contributed by atoms with van der Waals surface area (Å²) in [7, 11) is -1.45. The van der Waals surface area contributed by atoms with Crippen LogP contribution in [0, 0.1) is 13.8 Å². The Balaban J connectivity index is 1.89. The third-order valence-corrected chi connectivity index (χ3v) is 6.00. The maximum Gasteiger partial charge on any atom is 0.191 e. The van der Waals surface area contributed by atoms with Gasteiger partial charge in [-0.05, 0) is 55.7 Å². The normalized spacial score (nSPS) is 12.0. The van der Waals surface area contributed by atoms with Gasteiger partial charge in [0.2, 0.25) is 0 Å². The van der Waals surface area contributed by atoms with Gasteiger partial charge < -0.3 is 15.5 Å². The fraction of sp³-hybridized carbons (Fsp3) is 0.409. The van der Waals surface area contributed by atoms with Gasteiger partial charge in [0.15, 0.2) is 15.8 Å². The van der Waals surface area contributed by atoms with Crippen LogP contribution in [0.5, 0.6) is 0 Å². The van der Waals surface area contributed by atoms with E-state index in [0.717, 1.165) is 36.7 Å². The van der Waals surface area contributed by atoms with E-state index < -0.39 is 9.84 Å². The summed E-state index contributed by atoms with van der Waals surface area (Å²) in [6, 6.07) is 13.9. The van der Waals surface area contributed by atoms with E-state index in [1.807, 2.05) is 19.1 Å². The van der Waals surface area contributed by atoms with E-state index >= 15 is 0 Å². The first kappa shape index (κ1) is 22.7. The molecule has 0 atom stereocenters. The number of aliphatic imine (C=N–C) groups is 1. The molecular weight excluding hydrogens is 384 g/mol. The first-order valence-corrected chi connectivity index (χ1v) is 11.7. The van der Waals surface area contributed by atoms with Crippen molar-refractivity contribution in [2.75, 3.05) is 37.8 Å². The second-order valence-electron chi connectivity index (χ2n) is 7.14. The molecule has 2 rings (SSSR count). The van der Waals surface area contributed by atoms with Crippen LogP contribution in [-0.2, 0) is 16.4 Å². The minimum Gasteiger partial charge on any atom is -0.370 e. The zero-order valence-corrected chi connectivity index (χ0v) is 18.8. The molecule has 2 aromatic carbocycles. The van der Waals surface area contributed by atoms with Crippen LogP contribution in [-0.4, -0.2) is 47.3 Å². The van der Waals surface area contributed by atoms with Crippen LogP contribution in [0.2, 0.25) is 0 Å². The Morgan fingerprint density at radius 3 is 2.45 bits per heavy atom. The molecule has 7 heteroatoms. The largest absolute Gasteiger partial charge is 0.370 e. The third kappa shape index (κ3) is 6.78. The summed E-state index contributed by atoms with van der Waals surface area (Å²) >= 11 is 0. The van der Waals surface area contributed by atoms with Crippen molar-refractivity contribution >= 4 is 21.5 Å². The number of sulfone groups is 1. The van der Waals surface area contributed by atoms with Crippen LogP contribution in [0.15, 0.2) is 52.4 Å². The van der Waals surface area contributed by atoms with Crippen LogP contribution in [0.3, 0.4) is 0 Å². The number of likely N-dealkylation sites (N-methyl/N-ethyl adjacent to an activating group) is 1. The van der Waals surface area contributed by atoms with Gasteiger partial charge in [0.1, 0.15) is 0 Å². The van der Waals surface area contributed by atoms with Gasteiger partial charge in [-0.2, -0.15) is 0 Å². The quantitative estimate of drug-likeness (QED) is 0.511. The summed E-state index contributed by atoms with van der Waals surface area (Å²) in [5, 5.41) is 6.62. The maximum absolute atomic E-state index is 11.7. The highest BCUT2D eigenvalue weighted by Gasteiger charge is 2.11. The zero-order valence-electron chi connectivity index (χ0n) is 18.0. The Bertz CT molecular complexity index is 955. The van der Waals surface area contributed by atoms with Crippen molar-refractivity contribution in [1.29, 1.82) is 0 Å². The van der Waals surface area contributed by atoms with Crippen LogP contribution in [0.1, 0.15) is 23.6 Å². The summed E-state index contributed by atoms with van der Waals surface area (Å²) < 4.78 is 23.5. The van der Waals surface area contributed by atoms with E-state index in [1.54, 1.807) is 13.1 Å². The first-order chi connectivity index (χ1) is 13.7. The van der Waals surface area contributed by atoms with Crippen molar-refractivity contribution in [2.24, 2.45) is 4.99 Å². The molecule has 0 saturated carbocycles. The minimum atomic E-state index is -3.20. The summed E-state index contributed by atoms with van der Waals surface area (Å²) in [5.41, 5.74) is 4.24. The smallest absolute Gasteiger partial charge is 0.191 e. The molecular formula is C22H32N4O2S. The van der Waals surface area contributed by atoms with Gasteiger partial charge in [0, 0.05) is 45.2 Å². The Labute approximate surface area is 175 Å². The molecule has 0 heterocycles. The van der Waals surface area contributed by atoms with E-state index in [4.69, 9.17) is 0 Å². The Hall–Kier alpha value is -2.54. The fourth-order valence-electron chi connectivity index (χ4n) is 3.25. The average molecular weight is 417 g/mol. The molecule has 29 heavy (non-hydrogen) atoms. The van der Waals surface area contributed by atoms with Gasteiger partial charge in [0.05, 0.1) is 4.90 Å². The topological polar surface area (TPSA) is 73.8 Å². The molecule has 0 radical (unpaired) electrons. The van der Waals surface area contributed by atoms with Gasteiger partial charge >= 0.3 is 0 Å². The molecule has 0 aliphatic heterocycles. The van der Waals surface area contributed by atoms with Crippen LogP contribution in [0.4, 0.5) is 5.69 Å². The molecule has 0 aliphatic rings. The maximum atomic E-state index is 11.7. The molecule has 0 amide bonds. The second-order valence-corrected chi connectivity index (χ2v) is 9.13. The fourth-order valence-corrected chi connectivity index (χ4v) is 4.21. The number of hydrogen-bond donors (Lipinski definition) is 2. The number of nitrogens with one attached hydrogen (secondary N) is 2. The van der Waals surface area contributed by atoms with Crippen LogP contribution < -0.4 is 15.5 Å². The van der Waals surface area contributed by atoms with E-state index in [9.17, 15) is 8.42 Å². The highest BCUT2D eigenvalue weighted by Crippen LogP contribution is 2.17. The number of nitrogens with zero attached hydrogens (tertiary/aromatic N) is 2. The van der Waals surface area contributed by atoms with Crippen molar-refractivity contribution in [3.63, 3.8) is 0 Å². The van der Waals surface area contributed by atoms with Crippen molar-refractivity contribution in [2.45, 2.75) is 32.2 Å². The van der Waals surface area contributed by atoms with Gasteiger partial charge in [-0.15, -0.1) is 0 Å². The minimum absolute atomic E-state index is 0.375. The second kappa shape index (κ2) is 10.3. The standard InChI is InChI=1S/C22H32N4O2S/c1-6-26(20-9-7-8-17(2)14-20)13-12-24-22(23-4)25-16-19-10-11-21(18(3)15-19)29(5,27)28/h7-11,14-15H,6,12-13,16H2,1-5H3,(H2,23,24,25). The third-order valence-electron chi connectivity index (χ3n) is 4.75. The highest BCUT2D eigenvalue weighted by atomic mass is 32.2. The molecule has 0 aromatic heterocycles. The lowest BCUT2D eigenvalue weighted by Gasteiger charge is -2.24. The summed E-state index contributed by atoms with van der Waals surface area (Å²) in [6.45, 7) is 9.19. The Morgan fingerprint density at radius 2 is 1.86 bits per heavy atom. The van der Waals surface area contributed by atoms with E-state index in [-0.39, 0.29) is 0 Å². The number of rotatable bonds is 8. The lowest BCUT2D eigenvalue weighted by molar-refractivity contribution is 0.601. The van der Waals surface area contributed by atoms with E-state index in [1.165, 1.54) is 17.5 Å². The molecule has 0 aliphatic carbocycles. The average Bonchev–Trinajstić information content (AvgIpc) is 2.66. The Morgan fingerprint density at radius 1 is 1.10 bits per heavy atom. The van der Waals surface area contributed by atoms with Gasteiger partial charge in [-0.25, -0.2) is 8.42 Å². The SMILES string of the molecule is CCN(CCNC(=NC)NCc1ccc(S(C)(=O)=O)c(C)c1)c1cccc(C)c1. The molecule has 2 aromatic rings. The zero-order chi connectivity index (χ0) is 21.4. The summed E-state index contributed by atoms with van der Waals surface area (Å²) in [6.07, 6.45) is 1.23. The summed E-state index contributed by atoms with van der Waals surface area (Å²) in [5.74, 6) is 0.718. The molecule has 2 N–H and O–H groups in total. The molecule has 0 fully saturated rings. The molecule has 0 bridgehead atoms. The van der Waals surface area contributed by atoms with Gasteiger partial charge in [-0.1, -0.05) is 24.3 Å². The predicted octanol–water partition coefficient (Wildman–Crippen LogP) is 2.90. The Kier molecular flexibility index (Phi) is 8.08. The molecule has 0 saturated heterocycles. The number of guanidine groups is 1. The number of benzene rings is 2. The lowest BCUT2D eigenvalue weighted by atomic mass is 10.1. The number of hydrogen-bond acceptors (Lipinski definition) is 4. The molecule has 0 spiro atoms. The van der Waals surface area contributed by atoms with E-state index in [0.29, 0.717) is 11.4 Å². The van der Waals surface area contributed by atoms with Gasteiger partial charge in [-0.3, -0.25) is 4.99 Å². The lowest BCUT2D eigenvalue weighted by Crippen LogP contribution is -2.41. The van der Waals surface area contributed by atoms with Crippen LogP contribution >= 0.6 is 0 Å². The molecule has 6 nitrogen and oxygen atoms in total. The number of aryl methyl sites for hydroxylation is 2. The van der Waals surface area contributed by atoms with Crippen molar-refractivity contribution in [3.8, 4) is 0 Å². The molecule has 158 valence electrons. The summed E-state index contributed by atoms with van der Waals surface area (Å²) in [4.78, 5) is 6.97. The van der Waals surface area contributed by atoms with Crippen molar-refractivity contribution in [3.05, 3.63) is 59.2 Å². The number of anilines is 1. The first-order valence-electron chi connectivity index (χ1n) is 9.80. The van der Waals surface area contributed by atoms with Crippen LogP contribution in [0.25, 0.3) is 0 Å². The molecule has 0 unspecified atom stereocenters. The predicted molar refractivity (Wildman–Crippen MR) is 122 cm³/mol. The highest BCUT2D eigenvalue weighted by molar-refractivity contribution is 7.90. The van der Waals surface area contributed by atoms with Gasteiger partial charge in [0.25, 0.3) is 0 Å². The van der Waals surface area contributed by atoms with Crippen molar-refractivity contribution < 1.29 is 8.42 Å².